The topological polar surface area (TPSA) is 53.7 Å². The van der Waals surface area contributed by atoms with Crippen molar-refractivity contribution < 1.29 is 18.0 Å². The van der Waals surface area contributed by atoms with Crippen molar-refractivity contribution in [3.8, 4) is 11.3 Å². The molecule has 5 rings (SSSR count). The molecule has 1 aliphatic rings. The normalized spacial score (nSPS) is 14.4. The SMILES string of the molecule is CC(C)CN(c1cc(-c2cc(F)c(F)c(F)c2)nc2cc(C(=O)N3CCCC3)nn12)C(C)c1ccccc1. The minimum absolute atomic E-state index is 0.0932. The summed E-state index contributed by atoms with van der Waals surface area (Å²) in [5.74, 6) is -3.42. The van der Waals surface area contributed by atoms with Crippen LogP contribution in [-0.2, 0) is 0 Å². The van der Waals surface area contributed by atoms with Gasteiger partial charge in [-0.15, -0.1) is 0 Å². The average molecular weight is 522 g/mol. The van der Waals surface area contributed by atoms with Gasteiger partial charge >= 0.3 is 0 Å². The highest BCUT2D eigenvalue weighted by Crippen LogP contribution is 2.32. The summed E-state index contributed by atoms with van der Waals surface area (Å²) < 4.78 is 43.7. The highest BCUT2D eigenvalue weighted by molar-refractivity contribution is 5.93. The molecule has 4 aromatic rings. The molecular formula is C29H30F3N5O. The molecule has 2 aromatic heterocycles. The van der Waals surface area contributed by atoms with Crippen LogP contribution < -0.4 is 4.90 Å². The fraction of sp³-hybridized carbons (Fsp3) is 0.345. The monoisotopic (exact) mass is 521 g/mol. The minimum atomic E-state index is -1.53. The van der Waals surface area contributed by atoms with Gasteiger partial charge in [0.2, 0.25) is 0 Å². The number of amides is 1. The molecule has 38 heavy (non-hydrogen) atoms. The highest BCUT2D eigenvalue weighted by atomic mass is 19.2. The largest absolute Gasteiger partial charge is 0.349 e. The molecule has 2 aromatic carbocycles. The number of benzene rings is 2. The van der Waals surface area contributed by atoms with Crippen molar-refractivity contribution in [3.63, 3.8) is 0 Å². The first-order valence-corrected chi connectivity index (χ1v) is 12.9. The van der Waals surface area contributed by atoms with Crippen LogP contribution in [0.4, 0.5) is 19.0 Å². The number of fused-ring (bicyclic) bond motifs is 1. The van der Waals surface area contributed by atoms with E-state index < -0.39 is 17.5 Å². The molecular weight excluding hydrogens is 491 g/mol. The zero-order valence-electron chi connectivity index (χ0n) is 21.7. The van der Waals surface area contributed by atoms with Gasteiger partial charge in [0, 0.05) is 37.3 Å². The van der Waals surface area contributed by atoms with Crippen LogP contribution >= 0.6 is 0 Å². The molecule has 1 aliphatic heterocycles. The number of carbonyl (C=O) groups excluding carboxylic acids is 1. The van der Waals surface area contributed by atoms with Crippen LogP contribution in [0.3, 0.4) is 0 Å². The summed E-state index contributed by atoms with van der Waals surface area (Å²) in [6.07, 6.45) is 1.90. The van der Waals surface area contributed by atoms with E-state index in [0.717, 1.165) is 30.5 Å². The van der Waals surface area contributed by atoms with Gasteiger partial charge in [-0.1, -0.05) is 44.2 Å². The quantitative estimate of drug-likeness (QED) is 0.269. The zero-order valence-corrected chi connectivity index (χ0v) is 21.7. The lowest BCUT2D eigenvalue weighted by molar-refractivity contribution is 0.0786. The molecule has 9 heteroatoms. The first-order chi connectivity index (χ1) is 18.2. The van der Waals surface area contributed by atoms with E-state index in [1.165, 1.54) is 0 Å². The fourth-order valence-corrected chi connectivity index (χ4v) is 4.96. The van der Waals surface area contributed by atoms with Gasteiger partial charge in [-0.05, 0) is 43.4 Å². The summed E-state index contributed by atoms with van der Waals surface area (Å²) in [5.41, 5.74) is 2.03. The Bertz CT molecular complexity index is 1440. The molecule has 0 saturated carbocycles. The third kappa shape index (κ3) is 4.97. The number of likely N-dealkylation sites (tertiary alicyclic amines) is 1. The van der Waals surface area contributed by atoms with Gasteiger partial charge in [-0.2, -0.15) is 9.61 Å². The van der Waals surface area contributed by atoms with E-state index in [-0.39, 0.29) is 34.8 Å². The number of hydrogen-bond donors (Lipinski definition) is 0. The maximum atomic E-state index is 14.2. The Labute approximate surface area is 219 Å². The Kier molecular flexibility index (Phi) is 7.10. The number of nitrogens with zero attached hydrogens (tertiary/aromatic N) is 5. The molecule has 0 radical (unpaired) electrons. The molecule has 0 bridgehead atoms. The summed E-state index contributed by atoms with van der Waals surface area (Å²) in [5, 5.41) is 4.66. The second-order valence-electron chi connectivity index (χ2n) is 10.2. The van der Waals surface area contributed by atoms with Gasteiger partial charge in [0.15, 0.2) is 28.8 Å². The third-order valence-electron chi connectivity index (χ3n) is 6.91. The first kappa shape index (κ1) is 25.8. The standard InChI is InChI=1S/C29H30F3N5O/c1-18(2)17-36(19(3)20-9-5-4-6-10-20)27-16-24(21-13-22(30)28(32)23(31)14-21)33-26-15-25(34-37(26)27)29(38)35-11-7-8-12-35/h4-6,9-10,13-16,18-19H,7-8,11-12,17H2,1-3H3. The van der Waals surface area contributed by atoms with Crippen LogP contribution in [0.25, 0.3) is 16.9 Å². The Morgan fingerprint density at radius 2 is 1.63 bits per heavy atom. The number of hydrogen-bond acceptors (Lipinski definition) is 4. The Balaban J connectivity index is 1.70. The minimum Gasteiger partial charge on any atom is -0.349 e. The van der Waals surface area contributed by atoms with Crippen LogP contribution in [0.1, 0.15) is 55.7 Å². The van der Waals surface area contributed by atoms with E-state index in [1.54, 1.807) is 21.5 Å². The summed E-state index contributed by atoms with van der Waals surface area (Å²) in [6, 6.07) is 15.0. The van der Waals surface area contributed by atoms with Gasteiger partial charge in [0.1, 0.15) is 5.82 Å². The molecule has 198 valence electrons. The maximum absolute atomic E-state index is 14.2. The Hall–Kier alpha value is -3.88. The summed E-state index contributed by atoms with van der Waals surface area (Å²) >= 11 is 0. The number of halogens is 3. The average Bonchev–Trinajstić information content (AvgIpc) is 3.60. The zero-order chi connectivity index (χ0) is 27.0. The Morgan fingerprint density at radius 3 is 2.26 bits per heavy atom. The van der Waals surface area contributed by atoms with E-state index in [4.69, 9.17) is 0 Å². The Morgan fingerprint density at radius 1 is 0.974 bits per heavy atom. The van der Waals surface area contributed by atoms with Crippen molar-refractivity contribution in [2.75, 3.05) is 24.5 Å². The number of rotatable bonds is 7. The van der Waals surface area contributed by atoms with Crippen molar-refractivity contribution in [2.24, 2.45) is 5.92 Å². The molecule has 1 atom stereocenters. The highest BCUT2D eigenvalue weighted by Gasteiger charge is 2.26. The van der Waals surface area contributed by atoms with Gasteiger partial charge in [-0.3, -0.25) is 4.79 Å². The van der Waals surface area contributed by atoms with E-state index in [1.807, 2.05) is 30.3 Å². The fourth-order valence-electron chi connectivity index (χ4n) is 4.96. The van der Waals surface area contributed by atoms with Crippen molar-refractivity contribution in [1.82, 2.24) is 19.5 Å². The van der Waals surface area contributed by atoms with E-state index >= 15 is 0 Å². The van der Waals surface area contributed by atoms with Crippen molar-refractivity contribution in [2.45, 2.75) is 39.7 Å². The van der Waals surface area contributed by atoms with Gasteiger partial charge in [-0.25, -0.2) is 18.2 Å². The first-order valence-electron chi connectivity index (χ1n) is 12.9. The van der Waals surface area contributed by atoms with Crippen LogP contribution in [0.2, 0.25) is 0 Å². The summed E-state index contributed by atoms with van der Waals surface area (Å²) in [7, 11) is 0. The number of anilines is 1. The number of carbonyl (C=O) groups is 1. The van der Waals surface area contributed by atoms with Crippen molar-refractivity contribution >= 4 is 17.4 Å². The van der Waals surface area contributed by atoms with Crippen LogP contribution in [0, 0.1) is 23.4 Å². The molecule has 0 aliphatic carbocycles. The maximum Gasteiger partial charge on any atom is 0.274 e. The molecule has 1 unspecified atom stereocenters. The predicted octanol–water partition coefficient (Wildman–Crippen LogP) is 6.27. The third-order valence-corrected chi connectivity index (χ3v) is 6.91. The lowest BCUT2D eigenvalue weighted by Crippen LogP contribution is -2.32. The molecule has 6 nitrogen and oxygen atoms in total. The predicted molar refractivity (Wildman–Crippen MR) is 140 cm³/mol. The van der Waals surface area contributed by atoms with Crippen LogP contribution in [0.15, 0.2) is 54.6 Å². The molecule has 1 amide bonds. The smallest absolute Gasteiger partial charge is 0.274 e. The van der Waals surface area contributed by atoms with Crippen LogP contribution in [0.5, 0.6) is 0 Å². The van der Waals surface area contributed by atoms with Crippen molar-refractivity contribution in [3.05, 3.63) is 83.3 Å². The molecule has 0 spiro atoms. The summed E-state index contributed by atoms with van der Waals surface area (Å²) in [4.78, 5) is 21.7. The van der Waals surface area contributed by atoms with Crippen molar-refractivity contribution in [1.29, 1.82) is 0 Å². The van der Waals surface area contributed by atoms with Gasteiger partial charge in [0.05, 0.1) is 11.7 Å². The molecule has 1 saturated heterocycles. The van der Waals surface area contributed by atoms with Gasteiger partial charge < -0.3 is 9.80 Å². The van der Waals surface area contributed by atoms with E-state index in [9.17, 15) is 18.0 Å². The molecule has 3 heterocycles. The summed E-state index contributed by atoms with van der Waals surface area (Å²) in [6.45, 7) is 8.25. The second kappa shape index (κ2) is 10.5. The lowest BCUT2D eigenvalue weighted by Gasteiger charge is -2.33. The lowest BCUT2D eigenvalue weighted by atomic mass is 10.0. The second-order valence-corrected chi connectivity index (χ2v) is 10.2. The molecule has 0 N–H and O–H groups in total. The van der Waals surface area contributed by atoms with E-state index in [2.05, 4.69) is 35.8 Å². The van der Waals surface area contributed by atoms with E-state index in [0.29, 0.717) is 31.1 Å². The van der Waals surface area contributed by atoms with Gasteiger partial charge in [0.25, 0.3) is 5.91 Å². The molecule has 1 fully saturated rings. The van der Waals surface area contributed by atoms with Crippen LogP contribution in [-0.4, -0.2) is 45.0 Å². The number of aromatic nitrogens is 3.